The van der Waals surface area contributed by atoms with E-state index < -0.39 is 15.7 Å². The Morgan fingerprint density at radius 2 is 1.81 bits per heavy atom. The largest absolute Gasteiger partial charge is 0.324 e. The molecule has 3 N–H and O–H groups in total. The molecular weight excluding hydrogens is 294 g/mol. The third kappa shape index (κ3) is 4.02. The molecule has 1 unspecified atom stereocenters. The lowest BCUT2D eigenvalue weighted by Gasteiger charge is -2.17. The maximum Gasteiger partial charge on any atom is 0.233 e. The van der Waals surface area contributed by atoms with E-state index in [0.29, 0.717) is 11.4 Å². The van der Waals surface area contributed by atoms with Crippen LogP contribution in [-0.4, -0.2) is 39.3 Å². The lowest BCUT2D eigenvalue weighted by atomic mass is 10.1. The van der Waals surface area contributed by atoms with Gasteiger partial charge in [0.25, 0.3) is 0 Å². The van der Waals surface area contributed by atoms with Crippen LogP contribution in [-0.2, 0) is 19.4 Å². The Labute approximate surface area is 123 Å². The van der Waals surface area contributed by atoms with Crippen LogP contribution in [0.2, 0.25) is 0 Å². The molecule has 1 aliphatic heterocycles. The maximum atomic E-state index is 11.6. The van der Waals surface area contributed by atoms with Crippen molar-refractivity contribution in [3.63, 3.8) is 0 Å². The van der Waals surface area contributed by atoms with Gasteiger partial charge in [-0.15, -0.1) is 0 Å². The van der Waals surface area contributed by atoms with Gasteiger partial charge in [-0.05, 0) is 24.7 Å². The summed E-state index contributed by atoms with van der Waals surface area (Å²) in [7, 11) is -1.48. The van der Waals surface area contributed by atoms with Gasteiger partial charge in [0.2, 0.25) is 11.8 Å². The Morgan fingerprint density at radius 1 is 1.19 bits per heavy atom. The van der Waals surface area contributed by atoms with Crippen LogP contribution in [0.25, 0.3) is 0 Å². The normalized spacial score (nSPS) is 16.5. The zero-order valence-corrected chi connectivity index (χ0v) is 12.6. The molecule has 0 spiro atoms. The number of benzene rings is 1. The number of nitrogens with one attached hydrogen (secondary N) is 3. The zero-order valence-electron chi connectivity index (χ0n) is 11.8. The molecule has 1 aromatic carbocycles. The molecule has 114 valence electrons. The number of anilines is 2. The van der Waals surface area contributed by atoms with Crippen LogP contribution in [0.3, 0.4) is 0 Å². The Morgan fingerprint density at radius 3 is 2.38 bits per heavy atom. The predicted octanol–water partition coefficient (Wildman–Crippen LogP) is 0.272. The molecule has 2 rings (SSSR count). The third-order valence-electron chi connectivity index (χ3n) is 3.13. The highest BCUT2D eigenvalue weighted by Crippen LogP contribution is 2.28. The molecule has 0 aliphatic carbocycles. The highest BCUT2D eigenvalue weighted by Gasteiger charge is 2.21. The van der Waals surface area contributed by atoms with Gasteiger partial charge >= 0.3 is 0 Å². The highest BCUT2D eigenvalue weighted by molar-refractivity contribution is 7.90. The average molecular weight is 311 g/mol. The molecular formula is C13H17N3O4S. The van der Waals surface area contributed by atoms with Gasteiger partial charge in [-0.25, -0.2) is 8.42 Å². The number of fused-ring (bicyclic) bond motifs is 1. The number of hydrogen-bond donors (Lipinski definition) is 3. The first-order chi connectivity index (χ1) is 9.78. The molecule has 1 atom stereocenters. The SMILES string of the molecule is CNC(CS(C)(=O)=O)c1ccc2c(c1)NC(=O)CC(=O)N2. The van der Waals surface area contributed by atoms with Gasteiger partial charge in [-0.2, -0.15) is 0 Å². The number of hydrogen-bond acceptors (Lipinski definition) is 5. The van der Waals surface area contributed by atoms with Gasteiger partial charge in [-0.3, -0.25) is 9.59 Å². The minimum absolute atomic E-state index is 0.0530. The summed E-state index contributed by atoms with van der Waals surface area (Å²) < 4.78 is 22.9. The van der Waals surface area contributed by atoms with Crippen molar-refractivity contribution in [2.45, 2.75) is 12.5 Å². The quantitative estimate of drug-likeness (QED) is 0.693. The second-order valence-corrected chi connectivity index (χ2v) is 7.20. The summed E-state index contributed by atoms with van der Waals surface area (Å²) >= 11 is 0. The van der Waals surface area contributed by atoms with E-state index in [1.54, 1.807) is 25.2 Å². The average Bonchev–Trinajstić information content (AvgIpc) is 2.50. The van der Waals surface area contributed by atoms with E-state index in [9.17, 15) is 18.0 Å². The molecule has 0 saturated carbocycles. The molecule has 0 bridgehead atoms. The summed E-state index contributed by atoms with van der Waals surface area (Å²) in [5, 5.41) is 8.20. The first kappa shape index (κ1) is 15.5. The van der Waals surface area contributed by atoms with E-state index >= 15 is 0 Å². The van der Waals surface area contributed by atoms with Crippen LogP contribution in [0.5, 0.6) is 0 Å². The molecule has 0 aromatic heterocycles. The van der Waals surface area contributed by atoms with Gasteiger partial charge in [0.05, 0.1) is 17.1 Å². The van der Waals surface area contributed by atoms with Gasteiger partial charge in [0.1, 0.15) is 16.3 Å². The van der Waals surface area contributed by atoms with E-state index in [2.05, 4.69) is 16.0 Å². The number of rotatable bonds is 4. The fourth-order valence-corrected chi connectivity index (χ4v) is 3.14. The van der Waals surface area contributed by atoms with E-state index in [4.69, 9.17) is 0 Å². The summed E-state index contributed by atoms with van der Waals surface area (Å²) in [6.07, 6.45) is 0.936. The van der Waals surface area contributed by atoms with Crippen molar-refractivity contribution in [1.82, 2.24) is 5.32 Å². The summed E-state index contributed by atoms with van der Waals surface area (Å²) in [6.45, 7) is 0. The summed E-state index contributed by atoms with van der Waals surface area (Å²) in [5.41, 5.74) is 1.69. The second kappa shape index (κ2) is 5.82. The Hall–Kier alpha value is -1.93. The molecule has 0 fully saturated rings. The van der Waals surface area contributed by atoms with Gasteiger partial charge in [0, 0.05) is 12.3 Å². The first-order valence-electron chi connectivity index (χ1n) is 6.37. The molecule has 2 amide bonds. The lowest BCUT2D eigenvalue weighted by molar-refractivity contribution is -0.123. The van der Waals surface area contributed by atoms with Crippen LogP contribution in [0.4, 0.5) is 11.4 Å². The monoisotopic (exact) mass is 311 g/mol. The number of sulfone groups is 1. The highest BCUT2D eigenvalue weighted by atomic mass is 32.2. The molecule has 1 heterocycles. The fraction of sp³-hybridized carbons (Fsp3) is 0.385. The molecule has 8 heteroatoms. The maximum absolute atomic E-state index is 11.6. The minimum Gasteiger partial charge on any atom is -0.324 e. The molecule has 0 saturated heterocycles. The van der Waals surface area contributed by atoms with Crippen LogP contribution in [0.15, 0.2) is 18.2 Å². The van der Waals surface area contributed by atoms with Crippen molar-refractivity contribution >= 4 is 33.0 Å². The minimum atomic E-state index is -3.15. The third-order valence-corrected chi connectivity index (χ3v) is 4.07. The number of carbonyl (C=O) groups is 2. The Bertz CT molecular complexity index is 685. The van der Waals surface area contributed by atoms with E-state index in [-0.39, 0.29) is 24.1 Å². The summed E-state index contributed by atoms with van der Waals surface area (Å²) in [5.74, 6) is -0.824. The smallest absolute Gasteiger partial charge is 0.233 e. The standard InChI is InChI=1S/C13H17N3O4S/c1-14-11(7-21(2,19)20)8-3-4-9-10(5-8)16-13(18)6-12(17)15-9/h3-5,11,14H,6-7H2,1-2H3,(H,15,17)(H,16,18). The van der Waals surface area contributed by atoms with Gasteiger partial charge < -0.3 is 16.0 Å². The van der Waals surface area contributed by atoms with Crippen LogP contribution in [0, 0.1) is 0 Å². The fourth-order valence-electron chi connectivity index (χ4n) is 2.17. The van der Waals surface area contributed by atoms with Crippen LogP contribution < -0.4 is 16.0 Å². The van der Waals surface area contributed by atoms with E-state index in [0.717, 1.165) is 5.56 Å². The van der Waals surface area contributed by atoms with Gasteiger partial charge in [-0.1, -0.05) is 6.07 Å². The van der Waals surface area contributed by atoms with Crippen molar-refractivity contribution in [3.05, 3.63) is 23.8 Å². The zero-order chi connectivity index (χ0) is 15.6. The summed E-state index contributed by atoms with van der Waals surface area (Å²) in [4.78, 5) is 23.0. The Kier molecular flexibility index (Phi) is 4.29. The van der Waals surface area contributed by atoms with Crippen molar-refractivity contribution in [3.8, 4) is 0 Å². The number of carbonyl (C=O) groups excluding carboxylic acids is 2. The van der Waals surface area contributed by atoms with Gasteiger partial charge in [0.15, 0.2) is 0 Å². The molecule has 0 radical (unpaired) electrons. The Balaban J connectivity index is 2.35. The summed E-state index contributed by atoms with van der Waals surface area (Å²) in [6, 6.07) is 4.66. The van der Waals surface area contributed by atoms with Crippen molar-refractivity contribution in [1.29, 1.82) is 0 Å². The lowest BCUT2D eigenvalue weighted by Crippen LogP contribution is -2.24. The van der Waals surface area contributed by atoms with Crippen molar-refractivity contribution < 1.29 is 18.0 Å². The van der Waals surface area contributed by atoms with Crippen molar-refractivity contribution in [2.24, 2.45) is 0 Å². The second-order valence-electron chi connectivity index (χ2n) is 5.01. The first-order valence-corrected chi connectivity index (χ1v) is 8.43. The molecule has 1 aromatic rings. The number of amides is 2. The van der Waals surface area contributed by atoms with Crippen molar-refractivity contribution in [2.75, 3.05) is 29.7 Å². The van der Waals surface area contributed by atoms with Crippen LogP contribution >= 0.6 is 0 Å². The van der Waals surface area contributed by atoms with E-state index in [1.165, 1.54) is 6.26 Å². The molecule has 21 heavy (non-hydrogen) atoms. The topological polar surface area (TPSA) is 104 Å². The molecule has 7 nitrogen and oxygen atoms in total. The van der Waals surface area contributed by atoms with E-state index in [1.807, 2.05) is 0 Å². The van der Waals surface area contributed by atoms with Crippen LogP contribution in [0.1, 0.15) is 18.0 Å². The predicted molar refractivity (Wildman–Crippen MR) is 79.8 cm³/mol. The molecule has 1 aliphatic rings.